The van der Waals surface area contributed by atoms with E-state index in [-0.39, 0.29) is 23.7 Å². The third-order valence-corrected chi connectivity index (χ3v) is 7.80. The van der Waals surface area contributed by atoms with Crippen LogP contribution in [0.4, 0.5) is 29.5 Å². The first-order valence-electron chi connectivity index (χ1n) is 14.0. The number of alkyl halides is 2. The fourth-order valence-electron chi connectivity index (χ4n) is 5.64. The second-order valence-corrected chi connectivity index (χ2v) is 12.7. The highest BCUT2D eigenvalue weighted by Crippen LogP contribution is 2.42. The number of carbonyl (C=O) groups excluding carboxylic acids is 1. The minimum absolute atomic E-state index is 0.00374. The van der Waals surface area contributed by atoms with E-state index < -0.39 is 34.5 Å². The maximum atomic E-state index is 15.5. The zero-order valence-corrected chi connectivity index (χ0v) is 24.9. The van der Waals surface area contributed by atoms with Crippen LogP contribution in [-0.2, 0) is 10.7 Å². The van der Waals surface area contributed by atoms with E-state index in [4.69, 9.17) is 4.74 Å². The van der Waals surface area contributed by atoms with Crippen molar-refractivity contribution in [2.45, 2.75) is 90.1 Å². The first-order valence-corrected chi connectivity index (χ1v) is 14.0. The van der Waals surface area contributed by atoms with Gasteiger partial charge >= 0.3 is 12.0 Å². The minimum Gasteiger partial charge on any atom is -0.444 e. The standard InChI is InChI=1S/C30H37F3N6O3/c1-16(21-9-8-10-23(24(21)31)30(32,33)29(6,7)41)35-26-22-12-18(13-34-25(22)36-17(2)37-26)38-14-20-11-19(38)15-39(20)27(40)42-28(3,4)5/h8-10,12-13,16,19-20,41H,11,14-15H2,1-7H3,(H,34,35,36,37)/t16-,19-,20-/m1/s1. The number of benzene rings is 1. The molecule has 2 saturated heterocycles. The zero-order valence-electron chi connectivity index (χ0n) is 24.9. The Kier molecular flexibility index (Phi) is 7.28. The van der Waals surface area contributed by atoms with Crippen molar-refractivity contribution in [1.82, 2.24) is 19.9 Å². The highest BCUT2D eigenvalue weighted by atomic mass is 19.3. The predicted molar refractivity (Wildman–Crippen MR) is 153 cm³/mol. The molecule has 0 saturated carbocycles. The second-order valence-electron chi connectivity index (χ2n) is 12.7. The average Bonchev–Trinajstić information content (AvgIpc) is 3.48. The Morgan fingerprint density at radius 3 is 2.48 bits per heavy atom. The maximum absolute atomic E-state index is 15.5. The number of fused-ring (bicyclic) bond motifs is 3. The molecule has 226 valence electrons. The number of nitrogens with zero attached hydrogens (tertiary/aromatic N) is 5. The lowest BCUT2D eigenvalue weighted by Crippen LogP contribution is -2.50. The summed E-state index contributed by atoms with van der Waals surface area (Å²) in [5.74, 6) is -4.08. The number of aromatic nitrogens is 3. The monoisotopic (exact) mass is 586 g/mol. The number of rotatable bonds is 6. The van der Waals surface area contributed by atoms with Gasteiger partial charge in [0.2, 0.25) is 0 Å². The van der Waals surface area contributed by atoms with E-state index in [0.29, 0.717) is 35.8 Å². The molecule has 2 aliphatic heterocycles. The van der Waals surface area contributed by atoms with Gasteiger partial charge in [0.05, 0.1) is 34.9 Å². The normalized spacial score (nSPS) is 19.9. The number of aliphatic hydroxyl groups is 1. The van der Waals surface area contributed by atoms with E-state index in [2.05, 4.69) is 25.2 Å². The summed E-state index contributed by atoms with van der Waals surface area (Å²) in [7, 11) is 0. The summed E-state index contributed by atoms with van der Waals surface area (Å²) in [5, 5.41) is 13.8. The van der Waals surface area contributed by atoms with Crippen LogP contribution in [0, 0.1) is 12.7 Å². The third-order valence-electron chi connectivity index (χ3n) is 7.80. The smallest absolute Gasteiger partial charge is 0.410 e. The summed E-state index contributed by atoms with van der Waals surface area (Å²) in [6.07, 6.45) is 2.24. The van der Waals surface area contributed by atoms with Gasteiger partial charge in [0.25, 0.3) is 0 Å². The van der Waals surface area contributed by atoms with Gasteiger partial charge in [-0.25, -0.2) is 24.1 Å². The summed E-state index contributed by atoms with van der Waals surface area (Å²) in [6, 6.07) is 5.02. The van der Waals surface area contributed by atoms with Crippen molar-refractivity contribution in [2.24, 2.45) is 0 Å². The van der Waals surface area contributed by atoms with E-state index in [1.807, 2.05) is 26.8 Å². The molecule has 2 aromatic heterocycles. The number of likely N-dealkylation sites (tertiary alicyclic amines) is 1. The number of hydrogen-bond donors (Lipinski definition) is 2. The molecular formula is C30H37F3N6O3. The Bertz CT molecular complexity index is 1520. The van der Waals surface area contributed by atoms with Gasteiger partial charge in [0, 0.05) is 24.7 Å². The number of carbonyl (C=O) groups is 1. The van der Waals surface area contributed by atoms with Gasteiger partial charge in [-0.1, -0.05) is 12.1 Å². The van der Waals surface area contributed by atoms with Crippen LogP contribution in [0.5, 0.6) is 0 Å². The van der Waals surface area contributed by atoms with Gasteiger partial charge in [-0.15, -0.1) is 0 Å². The summed E-state index contributed by atoms with van der Waals surface area (Å²) in [5.41, 5.74) is -2.63. The zero-order chi connectivity index (χ0) is 30.8. The molecule has 2 N–H and O–H groups in total. The number of halogens is 3. The van der Waals surface area contributed by atoms with Gasteiger partial charge in [-0.05, 0) is 67.0 Å². The topological polar surface area (TPSA) is 104 Å². The molecule has 1 aromatic carbocycles. The molecule has 4 heterocycles. The van der Waals surface area contributed by atoms with Crippen molar-refractivity contribution < 1.29 is 27.8 Å². The van der Waals surface area contributed by atoms with Crippen molar-refractivity contribution in [3.8, 4) is 0 Å². The van der Waals surface area contributed by atoms with Crippen LogP contribution in [0.2, 0.25) is 0 Å². The molecule has 1 amide bonds. The first kappa shape index (κ1) is 29.8. The minimum atomic E-state index is -3.81. The Labute approximate surface area is 243 Å². The van der Waals surface area contributed by atoms with E-state index in [1.54, 1.807) is 24.9 Å². The fraction of sp³-hybridized carbons (Fsp3) is 0.533. The second kappa shape index (κ2) is 10.3. The highest BCUT2D eigenvalue weighted by Gasteiger charge is 2.49. The third kappa shape index (κ3) is 5.44. The van der Waals surface area contributed by atoms with Gasteiger partial charge in [-0.3, -0.25) is 0 Å². The van der Waals surface area contributed by atoms with Crippen molar-refractivity contribution in [3.05, 3.63) is 53.2 Å². The average molecular weight is 587 g/mol. The Morgan fingerprint density at radius 2 is 1.86 bits per heavy atom. The number of pyridine rings is 1. The van der Waals surface area contributed by atoms with Gasteiger partial charge in [0.15, 0.2) is 5.65 Å². The van der Waals surface area contributed by atoms with Gasteiger partial charge in [0.1, 0.15) is 28.7 Å². The first-order chi connectivity index (χ1) is 19.5. The maximum Gasteiger partial charge on any atom is 0.410 e. The molecule has 0 aliphatic carbocycles. The summed E-state index contributed by atoms with van der Waals surface area (Å²) >= 11 is 0. The molecule has 3 aromatic rings. The van der Waals surface area contributed by atoms with Gasteiger partial charge < -0.3 is 25.0 Å². The van der Waals surface area contributed by atoms with Crippen molar-refractivity contribution >= 4 is 28.6 Å². The summed E-state index contributed by atoms with van der Waals surface area (Å²) in [6.45, 7) is 11.9. The molecule has 0 radical (unpaired) electrons. The van der Waals surface area contributed by atoms with Crippen LogP contribution in [0.15, 0.2) is 30.5 Å². The van der Waals surface area contributed by atoms with Crippen molar-refractivity contribution in [2.75, 3.05) is 23.3 Å². The molecule has 9 nitrogen and oxygen atoms in total. The van der Waals surface area contributed by atoms with E-state index in [0.717, 1.165) is 32.0 Å². The molecule has 5 rings (SSSR count). The fourth-order valence-corrected chi connectivity index (χ4v) is 5.64. The predicted octanol–water partition coefficient (Wildman–Crippen LogP) is 5.71. The Morgan fingerprint density at radius 1 is 1.14 bits per heavy atom. The molecule has 2 bridgehead atoms. The molecule has 2 fully saturated rings. The SMILES string of the molecule is Cc1nc(N[C@H](C)c2cccc(C(F)(F)C(C)(C)O)c2F)c2cc(N3C[C@H]4C[C@@H]3CN4C(=O)OC(C)(C)C)cnc2n1. The number of aryl methyl sites for hydroxylation is 1. The number of hydrogen-bond acceptors (Lipinski definition) is 8. The van der Waals surface area contributed by atoms with E-state index in [1.165, 1.54) is 12.1 Å². The molecular weight excluding hydrogens is 549 g/mol. The summed E-state index contributed by atoms with van der Waals surface area (Å²) < 4.78 is 50.8. The Hall–Kier alpha value is -3.67. The van der Waals surface area contributed by atoms with Crippen LogP contribution < -0.4 is 10.2 Å². The molecule has 42 heavy (non-hydrogen) atoms. The lowest BCUT2D eigenvalue weighted by atomic mass is 9.91. The number of anilines is 2. The number of piperazine rings is 1. The molecule has 2 aliphatic rings. The molecule has 12 heteroatoms. The molecule has 3 atom stereocenters. The van der Waals surface area contributed by atoms with Crippen LogP contribution >= 0.6 is 0 Å². The van der Waals surface area contributed by atoms with E-state index in [9.17, 15) is 18.7 Å². The lowest BCUT2D eigenvalue weighted by molar-refractivity contribution is -0.170. The van der Waals surface area contributed by atoms with E-state index >= 15 is 4.39 Å². The molecule has 0 unspecified atom stereocenters. The number of nitrogens with one attached hydrogen (secondary N) is 1. The Balaban J connectivity index is 1.41. The van der Waals surface area contributed by atoms with Gasteiger partial charge in [-0.2, -0.15) is 8.78 Å². The van der Waals surface area contributed by atoms with Crippen LogP contribution in [0.3, 0.4) is 0 Å². The van der Waals surface area contributed by atoms with Crippen LogP contribution in [0.25, 0.3) is 11.0 Å². The largest absolute Gasteiger partial charge is 0.444 e. The quantitative estimate of drug-likeness (QED) is 0.379. The lowest BCUT2D eigenvalue weighted by Gasteiger charge is -2.36. The van der Waals surface area contributed by atoms with Crippen molar-refractivity contribution in [1.29, 1.82) is 0 Å². The van der Waals surface area contributed by atoms with Crippen LogP contribution in [-0.4, -0.2) is 67.4 Å². The molecule has 0 spiro atoms. The highest BCUT2D eigenvalue weighted by molar-refractivity contribution is 5.89. The summed E-state index contributed by atoms with van der Waals surface area (Å²) in [4.78, 5) is 30.2. The van der Waals surface area contributed by atoms with Crippen molar-refractivity contribution in [3.63, 3.8) is 0 Å². The van der Waals surface area contributed by atoms with Crippen LogP contribution in [0.1, 0.15) is 71.0 Å². The number of ether oxygens (including phenoxy) is 1. The number of amides is 1.